The summed E-state index contributed by atoms with van der Waals surface area (Å²) < 4.78 is 6.59. The Bertz CT molecular complexity index is 2450. The van der Waals surface area contributed by atoms with Crippen LogP contribution in [0.4, 0.5) is 17.1 Å². The summed E-state index contributed by atoms with van der Waals surface area (Å²) in [5.74, 6) is 0. The molecule has 0 amide bonds. The Labute approximate surface area is 279 Å². The molecule has 0 aliphatic rings. The van der Waals surface area contributed by atoms with Crippen molar-refractivity contribution < 1.29 is 4.42 Å². The van der Waals surface area contributed by atoms with E-state index < -0.39 is 0 Å². The SMILES string of the molecule is c1ccc(-c2ccc(N(c3ccc(-c4ccccc4)cc3)c3ccccc3-c3cccc4ccc5c6ccccc6oc5c34)cc2)cc1. The number of rotatable bonds is 6. The molecule has 0 bridgehead atoms. The van der Waals surface area contributed by atoms with Gasteiger partial charge in [-0.1, -0.05) is 146 Å². The van der Waals surface area contributed by atoms with Crippen LogP contribution in [0.2, 0.25) is 0 Å². The number of benzene rings is 8. The van der Waals surface area contributed by atoms with E-state index in [4.69, 9.17) is 4.42 Å². The first kappa shape index (κ1) is 27.9. The summed E-state index contributed by atoms with van der Waals surface area (Å²) in [5, 5.41) is 4.54. The van der Waals surface area contributed by atoms with Crippen LogP contribution in [0.1, 0.15) is 0 Å². The third-order valence-electron chi connectivity index (χ3n) is 9.29. The van der Waals surface area contributed by atoms with Gasteiger partial charge in [-0.15, -0.1) is 0 Å². The lowest BCUT2D eigenvalue weighted by Crippen LogP contribution is -2.11. The summed E-state index contributed by atoms with van der Waals surface area (Å²) in [6, 6.07) is 66.8. The predicted octanol–water partition coefficient (Wildman–Crippen LogP) is 13.2. The van der Waals surface area contributed by atoms with Crippen LogP contribution in [0.25, 0.3) is 66.1 Å². The van der Waals surface area contributed by atoms with Crippen LogP contribution >= 0.6 is 0 Å². The normalized spacial score (nSPS) is 11.3. The van der Waals surface area contributed by atoms with Gasteiger partial charge < -0.3 is 9.32 Å². The van der Waals surface area contributed by atoms with Crippen LogP contribution < -0.4 is 4.90 Å². The maximum Gasteiger partial charge on any atom is 0.143 e. The molecule has 0 saturated heterocycles. The maximum atomic E-state index is 6.59. The van der Waals surface area contributed by atoms with Crippen LogP contribution in [0.5, 0.6) is 0 Å². The van der Waals surface area contributed by atoms with Crippen molar-refractivity contribution in [3.05, 3.63) is 188 Å². The summed E-state index contributed by atoms with van der Waals surface area (Å²) in [6.45, 7) is 0. The van der Waals surface area contributed by atoms with E-state index in [-0.39, 0.29) is 0 Å². The third kappa shape index (κ3) is 4.83. The molecule has 9 aromatic rings. The molecular weight excluding hydrogens is 583 g/mol. The molecule has 2 nitrogen and oxygen atoms in total. The molecule has 0 fully saturated rings. The molecule has 48 heavy (non-hydrogen) atoms. The Morgan fingerprint density at radius 2 is 0.896 bits per heavy atom. The van der Waals surface area contributed by atoms with Gasteiger partial charge in [-0.25, -0.2) is 0 Å². The lowest BCUT2D eigenvalue weighted by atomic mass is 9.94. The van der Waals surface area contributed by atoms with E-state index in [2.05, 4.69) is 187 Å². The number of nitrogens with zero attached hydrogens (tertiary/aromatic N) is 1. The summed E-state index contributed by atoms with van der Waals surface area (Å²) in [5.41, 5.74) is 12.1. The first-order valence-corrected chi connectivity index (χ1v) is 16.4. The van der Waals surface area contributed by atoms with Crippen LogP contribution in [0.3, 0.4) is 0 Å². The first-order chi connectivity index (χ1) is 23.8. The topological polar surface area (TPSA) is 16.4 Å². The molecule has 0 spiro atoms. The van der Waals surface area contributed by atoms with Crippen LogP contribution in [-0.4, -0.2) is 0 Å². The van der Waals surface area contributed by atoms with Crippen molar-refractivity contribution in [3.8, 4) is 33.4 Å². The van der Waals surface area contributed by atoms with Gasteiger partial charge in [0.1, 0.15) is 11.2 Å². The fourth-order valence-corrected chi connectivity index (χ4v) is 6.97. The van der Waals surface area contributed by atoms with Gasteiger partial charge in [0.05, 0.1) is 5.69 Å². The van der Waals surface area contributed by atoms with Crippen molar-refractivity contribution in [1.82, 2.24) is 0 Å². The Balaban J connectivity index is 1.25. The fraction of sp³-hybridized carbons (Fsp3) is 0. The molecule has 8 aromatic carbocycles. The van der Waals surface area contributed by atoms with Gasteiger partial charge in [0.25, 0.3) is 0 Å². The minimum absolute atomic E-state index is 0.904. The van der Waals surface area contributed by atoms with Crippen molar-refractivity contribution in [2.75, 3.05) is 4.90 Å². The molecule has 0 N–H and O–H groups in total. The number of para-hydroxylation sites is 2. The van der Waals surface area contributed by atoms with E-state index in [0.717, 1.165) is 60.9 Å². The third-order valence-corrected chi connectivity index (χ3v) is 9.29. The van der Waals surface area contributed by atoms with Gasteiger partial charge in [-0.2, -0.15) is 0 Å². The minimum atomic E-state index is 0.904. The van der Waals surface area contributed by atoms with E-state index in [1.807, 2.05) is 6.07 Å². The molecule has 0 saturated carbocycles. The lowest BCUT2D eigenvalue weighted by molar-refractivity contribution is 0.673. The number of furan rings is 1. The highest BCUT2D eigenvalue weighted by Crippen LogP contribution is 2.45. The smallest absolute Gasteiger partial charge is 0.143 e. The van der Waals surface area contributed by atoms with Crippen LogP contribution in [-0.2, 0) is 0 Å². The zero-order valence-electron chi connectivity index (χ0n) is 26.3. The average molecular weight is 614 g/mol. The molecule has 226 valence electrons. The van der Waals surface area contributed by atoms with E-state index in [9.17, 15) is 0 Å². The molecule has 0 unspecified atom stereocenters. The second-order valence-corrected chi connectivity index (χ2v) is 12.1. The summed E-state index contributed by atoms with van der Waals surface area (Å²) >= 11 is 0. The number of fused-ring (bicyclic) bond motifs is 5. The van der Waals surface area contributed by atoms with Gasteiger partial charge in [0, 0.05) is 33.1 Å². The minimum Gasteiger partial charge on any atom is -0.455 e. The molecule has 0 aliphatic carbocycles. The van der Waals surface area contributed by atoms with Crippen molar-refractivity contribution >= 4 is 49.8 Å². The van der Waals surface area contributed by atoms with E-state index in [1.165, 1.54) is 22.3 Å². The zero-order valence-corrected chi connectivity index (χ0v) is 26.3. The molecule has 1 heterocycles. The van der Waals surface area contributed by atoms with Crippen molar-refractivity contribution in [1.29, 1.82) is 0 Å². The highest BCUT2D eigenvalue weighted by Gasteiger charge is 2.20. The van der Waals surface area contributed by atoms with Crippen LogP contribution in [0.15, 0.2) is 192 Å². The second kappa shape index (κ2) is 11.8. The van der Waals surface area contributed by atoms with Crippen LogP contribution in [0, 0.1) is 0 Å². The highest BCUT2D eigenvalue weighted by molar-refractivity contribution is 6.19. The fourth-order valence-electron chi connectivity index (χ4n) is 6.97. The lowest BCUT2D eigenvalue weighted by Gasteiger charge is -2.28. The largest absolute Gasteiger partial charge is 0.455 e. The first-order valence-electron chi connectivity index (χ1n) is 16.4. The summed E-state index contributed by atoms with van der Waals surface area (Å²) in [4.78, 5) is 2.37. The van der Waals surface area contributed by atoms with Gasteiger partial charge in [0.15, 0.2) is 0 Å². The monoisotopic (exact) mass is 613 g/mol. The maximum absolute atomic E-state index is 6.59. The molecule has 1 aromatic heterocycles. The Hall–Kier alpha value is -6.38. The van der Waals surface area contributed by atoms with Gasteiger partial charge >= 0.3 is 0 Å². The Morgan fingerprint density at radius 1 is 0.354 bits per heavy atom. The standard InChI is InChI=1S/C46H31NO/c1-3-12-32(13-4-1)34-22-27-37(28-23-34)47(38-29-24-35(25-30-38)33-14-5-2-6-15-33)43-20-9-7-17-39(43)41-19-11-16-36-26-31-42-40-18-8-10-21-44(40)48-46(42)45(36)41/h1-31H. The number of hydrogen-bond donors (Lipinski definition) is 0. The average Bonchev–Trinajstić information content (AvgIpc) is 3.55. The molecular formula is C46H31NO. The number of anilines is 3. The Morgan fingerprint density at radius 3 is 1.56 bits per heavy atom. The second-order valence-electron chi connectivity index (χ2n) is 12.1. The summed E-state index contributed by atoms with van der Waals surface area (Å²) in [7, 11) is 0. The van der Waals surface area contributed by atoms with E-state index in [0.29, 0.717) is 0 Å². The molecule has 0 radical (unpaired) electrons. The molecule has 9 rings (SSSR count). The zero-order chi connectivity index (χ0) is 31.9. The van der Waals surface area contributed by atoms with Gasteiger partial charge in [-0.3, -0.25) is 0 Å². The molecule has 0 aliphatic heterocycles. The number of hydrogen-bond acceptors (Lipinski definition) is 2. The van der Waals surface area contributed by atoms with Gasteiger partial charge in [-0.05, 0) is 75.7 Å². The van der Waals surface area contributed by atoms with Crippen molar-refractivity contribution in [2.45, 2.75) is 0 Å². The Kier molecular flexibility index (Phi) is 6.84. The van der Waals surface area contributed by atoms with Crippen molar-refractivity contribution in [3.63, 3.8) is 0 Å². The van der Waals surface area contributed by atoms with E-state index in [1.54, 1.807) is 0 Å². The highest BCUT2D eigenvalue weighted by atomic mass is 16.3. The van der Waals surface area contributed by atoms with E-state index >= 15 is 0 Å². The predicted molar refractivity (Wildman–Crippen MR) is 202 cm³/mol. The quantitative estimate of drug-likeness (QED) is 0.185. The summed E-state index contributed by atoms with van der Waals surface area (Å²) in [6.07, 6.45) is 0. The molecule has 2 heteroatoms. The van der Waals surface area contributed by atoms with Gasteiger partial charge in [0.2, 0.25) is 0 Å². The van der Waals surface area contributed by atoms with Crippen molar-refractivity contribution in [2.24, 2.45) is 0 Å². The molecule has 0 atom stereocenters.